The van der Waals surface area contributed by atoms with Crippen molar-refractivity contribution >= 4 is 22.4 Å². The molecule has 2 aromatic heterocycles. The van der Waals surface area contributed by atoms with Crippen molar-refractivity contribution in [2.24, 2.45) is 0 Å². The van der Waals surface area contributed by atoms with Crippen molar-refractivity contribution in [3.8, 4) is 11.9 Å². The molecular formula is C18H12N4S. The first-order valence-electron chi connectivity index (χ1n) is 7.19. The summed E-state index contributed by atoms with van der Waals surface area (Å²) in [5.41, 5.74) is 5.42. The quantitative estimate of drug-likeness (QED) is 0.575. The molecule has 0 bridgehead atoms. The average molecular weight is 316 g/mol. The molecule has 0 saturated heterocycles. The van der Waals surface area contributed by atoms with Gasteiger partial charge in [-0.05, 0) is 23.8 Å². The predicted molar refractivity (Wildman–Crippen MR) is 90.7 cm³/mol. The molecule has 0 N–H and O–H groups in total. The third kappa shape index (κ3) is 2.50. The highest BCUT2D eigenvalue weighted by Crippen LogP contribution is 2.24. The fraction of sp³-hybridized carbons (Fsp3) is 0.0556. The maximum absolute atomic E-state index is 9.17. The zero-order valence-corrected chi connectivity index (χ0v) is 13.0. The summed E-state index contributed by atoms with van der Waals surface area (Å²) in [6, 6.07) is 18.0. The maximum Gasteiger partial charge on any atom is 0.149 e. The van der Waals surface area contributed by atoms with Gasteiger partial charge in [0.15, 0.2) is 0 Å². The molecule has 4 aromatic rings. The monoisotopic (exact) mass is 316 g/mol. The van der Waals surface area contributed by atoms with E-state index in [0.29, 0.717) is 5.56 Å². The fourth-order valence-corrected chi connectivity index (χ4v) is 3.18. The van der Waals surface area contributed by atoms with E-state index in [1.807, 2.05) is 45.8 Å². The molecule has 4 nitrogen and oxygen atoms in total. The number of hydrogen-bond donors (Lipinski definition) is 0. The normalized spacial score (nSPS) is 10.7. The van der Waals surface area contributed by atoms with E-state index < -0.39 is 0 Å². The Morgan fingerprint density at radius 1 is 1.13 bits per heavy atom. The third-order valence-corrected chi connectivity index (χ3v) is 4.28. The van der Waals surface area contributed by atoms with Gasteiger partial charge >= 0.3 is 0 Å². The SMILES string of the molecule is N#Cc1ccc2nc(Cc3ccccc3)n(-c3cscn3)c2c1. The Morgan fingerprint density at radius 3 is 2.74 bits per heavy atom. The van der Waals surface area contributed by atoms with E-state index >= 15 is 0 Å². The van der Waals surface area contributed by atoms with E-state index in [-0.39, 0.29) is 0 Å². The first kappa shape index (κ1) is 13.7. The topological polar surface area (TPSA) is 54.5 Å². The number of imidazole rings is 1. The first-order chi connectivity index (χ1) is 11.3. The van der Waals surface area contributed by atoms with Crippen LogP contribution in [0.3, 0.4) is 0 Å². The number of hydrogen-bond acceptors (Lipinski definition) is 4. The van der Waals surface area contributed by atoms with Crippen LogP contribution in [0.1, 0.15) is 17.0 Å². The summed E-state index contributed by atoms with van der Waals surface area (Å²) >= 11 is 1.55. The Bertz CT molecular complexity index is 995. The van der Waals surface area contributed by atoms with Gasteiger partial charge in [-0.15, -0.1) is 11.3 Å². The molecule has 0 unspecified atom stereocenters. The van der Waals surface area contributed by atoms with Gasteiger partial charge in [-0.1, -0.05) is 30.3 Å². The lowest BCUT2D eigenvalue weighted by Gasteiger charge is -2.06. The number of rotatable bonds is 3. The van der Waals surface area contributed by atoms with Crippen LogP contribution in [0, 0.1) is 11.3 Å². The van der Waals surface area contributed by atoms with Gasteiger partial charge in [-0.2, -0.15) is 5.26 Å². The first-order valence-corrected chi connectivity index (χ1v) is 8.13. The van der Waals surface area contributed by atoms with Crippen molar-refractivity contribution in [3.63, 3.8) is 0 Å². The average Bonchev–Trinajstić information content (AvgIpc) is 3.22. The summed E-state index contributed by atoms with van der Waals surface area (Å²) in [5.74, 6) is 1.77. The molecule has 0 atom stereocenters. The smallest absolute Gasteiger partial charge is 0.149 e. The second kappa shape index (κ2) is 5.67. The van der Waals surface area contributed by atoms with Gasteiger partial charge < -0.3 is 0 Å². The van der Waals surface area contributed by atoms with E-state index in [1.54, 1.807) is 17.4 Å². The molecule has 23 heavy (non-hydrogen) atoms. The summed E-state index contributed by atoms with van der Waals surface area (Å²) in [7, 11) is 0. The van der Waals surface area contributed by atoms with Crippen LogP contribution < -0.4 is 0 Å². The second-order valence-electron chi connectivity index (χ2n) is 5.19. The van der Waals surface area contributed by atoms with Gasteiger partial charge in [0.25, 0.3) is 0 Å². The van der Waals surface area contributed by atoms with Gasteiger partial charge in [-0.3, -0.25) is 4.57 Å². The number of fused-ring (bicyclic) bond motifs is 1. The predicted octanol–water partition coefficient (Wildman–Crippen LogP) is 3.94. The van der Waals surface area contributed by atoms with E-state index in [4.69, 9.17) is 10.2 Å². The highest BCUT2D eigenvalue weighted by atomic mass is 32.1. The van der Waals surface area contributed by atoms with Crippen molar-refractivity contribution in [1.29, 1.82) is 5.26 Å². The highest BCUT2D eigenvalue weighted by molar-refractivity contribution is 7.07. The van der Waals surface area contributed by atoms with Crippen LogP contribution in [0.2, 0.25) is 0 Å². The number of aromatic nitrogens is 3. The lowest BCUT2D eigenvalue weighted by Crippen LogP contribution is -2.02. The zero-order chi connectivity index (χ0) is 15.6. The molecule has 0 radical (unpaired) electrons. The Hall–Kier alpha value is -2.97. The summed E-state index contributed by atoms with van der Waals surface area (Å²) < 4.78 is 2.04. The van der Waals surface area contributed by atoms with Crippen molar-refractivity contribution in [2.45, 2.75) is 6.42 Å². The molecule has 110 valence electrons. The molecule has 2 heterocycles. The van der Waals surface area contributed by atoms with Crippen molar-refractivity contribution < 1.29 is 0 Å². The fourth-order valence-electron chi connectivity index (χ4n) is 2.66. The molecule has 2 aromatic carbocycles. The van der Waals surface area contributed by atoms with Crippen molar-refractivity contribution in [2.75, 3.05) is 0 Å². The summed E-state index contributed by atoms with van der Waals surface area (Å²) in [5, 5.41) is 11.2. The van der Waals surface area contributed by atoms with Crippen LogP contribution in [-0.4, -0.2) is 14.5 Å². The minimum Gasteiger partial charge on any atom is -0.279 e. The van der Waals surface area contributed by atoms with E-state index in [0.717, 1.165) is 29.1 Å². The minimum absolute atomic E-state index is 0.625. The second-order valence-corrected chi connectivity index (χ2v) is 5.91. The van der Waals surface area contributed by atoms with Crippen LogP contribution in [0.25, 0.3) is 16.9 Å². The Labute approximate surface area is 137 Å². The standard InChI is InChI=1S/C18H12N4S/c19-10-14-6-7-15-16(8-14)22(18-11-23-12-20-18)17(21-15)9-13-4-2-1-3-5-13/h1-8,11-12H,9H2. The maximum atomic E-state index is 9.17. The number of thiazole rings is 1. The van der Waals surface area contributed by atoms with Crippen LogP contribution in [0.15, 0.2) is 59.4 Å². The summed E-state index contributed by atoms with van der Waals surface area (Å²) in [4.78, 5) is 9.18. The minimum atomic E-state index is 0.625. The Morgan fingerprint density at radius 2 is 2.00 bits per heavy atom. The molecule has 5 heteroatoms. The van der Waals surface area contributed by atoms with Crippen molar-refractivity contribution in [3.05, 3.63) is 76.4 Å². The van der Waals surface area contributed by atoms with E-state index in [9.17, 15) is 0 Å². The van der Waals surface area contributed by atoms with Gasteiger partial charge in [0.05, 0.1) is 28.2 Å². The number of nitrogens with zero attached hydrogens (tertiary/aromatic N) is 4. The number of benzene rings is 2. The molecule has 0 aliphatic carbocycles. The lowest BCUT2D eigenvalue weighted by molar-refractivity contribution is 0.912. The summed E-state index contributed by atoms with van der Waals surface area (Å²) in [6.45, 7) is 0. The molecule has 0 fully saturated rings. The lowest BCUT2D eigenvalue weighted by atomic mass is 10.1. The van der Waals surface area contributed by atoms with Crippen LogP contribution >= 0.6 is 11.3 Å². The largest absolute Gasteiger partial charge is 0.279 e. The molecule has 0 amide bonds. The molecule has 0 aliphatic rings. The molecule has 0 aliphatic heterocycles. The van der Waals surface area contributed by atoms with Gasteiger partial charge in [-0.25, -0.2) is 9.97 Å². The molecular weight excluding hydrogens is 304 g/mol. The summed E-state index contributed by atoms with van der Waals surface area (Å²) in [6.07, 6.45) is 0.717. The van der Waals surface area contributed by atoms with Gasteiger partial charge in [0.1, 0.15) is 11.6 Å². The molecule has 0 spiro atoms. The zero-order valence-electron chi connectivity index (χ0n) is 12.2. The van der Waals surface area contributed by atoms with Gasteiger partial charge in [0, 0.05) is 11.8 Å². The third-order valence-electron chi connectivity index (χ3n) is 3.71. The van der Waals surface area contributed by atoms with E-state index in [2.05, 4.69) is 23.2 Å². The molecule has 0 saturated carbocycles. The van der Waals surface area contributed by atoms with Crippen LogP contribution in [0.4, 0.5) is 0 Å². The van der Waals surface area contributed by atoms with Crippen LogP contribution in [0.5, 0.6) is 0 Å². The van der Waals surface area contributed by atoms with E-state index in [1.165, 1.54) is 5.56 Å². The van der Waals surface area contributed by atoms with Crippen LogP contribution in [-0.2, 0) is 6.42 Å². The molecule has 4 rings (SSSR count). The Kier molecular flexibility index (Phi) is 3.37. The van der Waals surface area contributed by atoms with Gasteiger partial charge in [0.2, 0.25) is 0 Å². The van der Waals surface area contributed by atoms with Crippen molar-refractivity contribution in [1.82, 2.24) is 14.5 Å². The highest BCUT2D eigenvalue weighted by Gasteiger charge is 2.14. The number of nitriles is 1. The Balaban J connectivity index is 1.93.